The Hall–Kier alpha value is -1.69. The summed E-state index contributed by atoms with van der Waals surface area (Å²) in [7, 11) is 0. The lowest BCUT2D eigenvalue weighted by atomic mass is 10.2. The maximum atomic E-state index is 13.1. The summed E-state index contributed by atoms with van der Waals surface area (Å²) in [5.74, 6) is -0.961. The molecule has 0 unspecified atom stereocenters. The van der Waals surface area contributed by atoms with Gasteiger partial charge in [0, 0.05) is 19.2 Å². The highest BCUT2D eigenvalue weighted by atomic mass is 19.1. The van der Waals surface area contributed by atoms with E-state index in [-0.39, 0.29) is 29.9 Å². The minimum absolute atomic E-state index is 0.00656. The minimum atomic E-state index is -0.599. The highest BCUT2D eigenvalue weighted by Crippen LogP contribution is 2.15. The standard InChI is InChI=1S/C12H18FN3O2/c1-8(2)16(4-3-5-17)12(18)10-6-9(13)7-15-11(10)14/h6-8,17H,3-5H2,1-2H3,(H2,14,15). The van der Waals surface area contributed by atoms with Crippen LogP contribution in [0, 0.1) is 5.82 Å². The van der Waals surface area contributed by atoms with Crippen molar-refractivity contribution in [2.75, 3.05) is 18.9 Å². The molecule has 5 nitrogen and oxygen atoms in total. The van der Waals surface area contributed by atoms with Crippen LogP contribution in [0.2, 0.25) is 0 Å². The molecular formula is C12H18FN3O2. The summed E-state index contributed by atoms with van der Waals surface area (Å²) in [4.78, 5) is 17.4. The largest absolute Gasteiger partial charge is 0.396 e. The third-order valence-electron chi connectivity index (χ3n) is 2.56. The number of halogens is 1. The van der Waals surface area contributed by atoms with Gasteiger partial charge >= 0.3 is 0 Å². The lowest BCUT2D eigenvalue weighted by Crippen LogP contribution is -2.38. The fraction of sp³-hybridized carbons (Fsp3) is 0.500. The predicted octanol–water partition coefficient (Wildman–Crippen LogP) is 1.04. The van der Waals surface area contributed by atoms with Gasteiger partial charge < -0.3 is 15.7 Å². The second-order valence-corrected chi connectivity index (χ2v) is 4.26. The number of anilines is 1. The van der Waals surface area contributed by atoms with Gasteiger partial charge in [-0.2, -0.15) is 0 Å². The van der Waals surface area contributed by atoms with E-state index in [9.17, 15) is 9.18 Å². The van der Waals surface area contributed by atoms with Crippen molar-refractivity contribution in [3.8, 4) is 0 Å². The molecule has 0 aliphatic heterocycles. The highest BCUT2D eigenvalue weighted by molar-refractivity contribution is 5.98. The Morgan fingerprint density at radius 2 is 2.28 bits per heavy atom. The summed E-state index contributed by atoms with van der Waals surface area (Å²) in [6, 6.07) is 1.02. The van der Waals surface area contributed by atoms with Gasteiger partial charge in [0.05, 0.1) is 11.8 Å². The first-order chi connectivity index (χ1) is 8.47. The lowest BCUT2D eigenvalue weighted by Gasteiger charge is -2.26. The summed E-state index contributed by atoms with van der Waals surface area (Å²) in [6.07, 6.45) is 1.44. The van der Waals surface area contributed by atoms with Crippen molar-refractivity contribution in [2.24, 2.45) is 0 Å². The normalized spacial score (nSPS) is 10.7. The fourth-order valence-corrected chi connectivity index (χ4v) is 1.61. The molecule has 0 radical (unpaired) electrons. The Bertz CT molecular complexity index is 424. The molecule has 1 amide bonds. The molecule has 0 atom stereocenters. The number of pyridine rings is 1. The van der Waals surface area contributed by atoms with E-state index >= 15 is 0 Å². The number of rotatable bonds is 5. The highest BCUT2D eigenvalue weighted by Gasteiger charge is 2.21. The summed E-state index contributed by atoms with van der Waals surface area (Å²) in [6.45, 7) is 4.08. The zero-order valence-corrected chi connectivity index (χ0v) is 10.6. The van der Waals surface area contributed by atoms with Gasteiger partial charge in [-0.05, 0) is 26.3 Å². The topological polar surface area (TPSA) is 79.5 Å². The predicted molar refractivity (Wildman–Crippen MR) is 66.5 cm³/mol. The van der Waals surface area contributed by atoms with Crippen LogP contribution >= 0.6 is 0 Å². The summed E-state index contributed by atoms with van der Waals surface area (Å²) in [5, 5.41) is 8.81. The molecule has 1 aromatic heterocycles. The molecular weight excluding hydrogens is 237 g/mol. The maximum absolute atomic E-state index is 13.1. The van der Waals surface area contributed by atoms with Crippen LogP contribution in [0.5, 0.6) is 0 Å². The van der Waals surface area contributed by atoms with E-state index in [1.807, 2.05) is 13.8 Å². The van der Waals surface area contributed by atoms with Gasteiger partial charge in [-0.3, -0.25) is 4.79 Å². The zero-order valence-electron chi connectivity index (χ0n) is 10.6. The molecule has 18 heavy (non-hydrogen) atoms. The van der Waals surface area contributed by atoms with Gasteiger partial charge in [0.1, 0.15) is 11.6 Å². The molecule has 1 aromatic rings. The molecule has 0 aliphatic rings. The second-order valence-electron chi connectivity index (χ2n) is 4.26. The molecule has 0 aromatic carbocycles. The van der Waals surface area contributed by atoms with E-state index in [2.05, 4.69) is 4.98 Å². The SMILES string of the molecule is CC(C)N(CCCO)C(=O)c1cc(F)cnc1N. The second kappa shape index (κ2) is 6.30. The van der Waals surface area contributed by atoms with Crippen LogP contribution in [0.4, 0.5) is 10.2 Å². The van der Waals surface area contributed by atoms with Gasteiger partial charge in [0.2, 0.25) is 0 Å². The summed E-state index contributed by atoms with van der Waals surface area (Å²) in [5.41, 5.74) is 5.64. The number of aliphatic hydroxyl groups is 1. The lowest BCUT2D eigenvalue weighted by molar-refractivity contribution is 0.0693. The molecule has 0 saturated carbocycles. The molecule has 0 fully saturated rings. The zero-order chi connectivity index (χ0) is 13.7. The molecule has 0 spiro atoms. The number of carbonyl (C=O) groups excluding carboxylic acids is 1. The fourth-order valence-electron chi connectivity index (χ4n) is 1.61. The average molecular weight is 255 g/mol. The Labute approximate surface area is 105 Å². The maximum Gasteiger partial charge on any atom is 0.257 e. The number of nitrogen functional groups attached to an aromatic ring is 1. The Morgan fingerprint density at radius 3 is 2.83 bits per heavy atom. The summed E-state index contributed by atoms with van der Waals surface area (Å²) >= 11 is 0. The van der Waals surface area contributed by atoms with E-state index in [1.54, 1.807) is 0 Å². The molecule has 1 heterocycles. The van der Waals surface area contributed by atoms with E-state index in [0.29, 0.717) is 13.0 Å². The van der Waals surface area contributed by atoms with Crippen molar-refractivity contribution in [1.82, 2.24) is 9.88 Å². The van der Waals surface area contributed by atoms with Crippen molar-refractivity contribution in [2.45, 2.75) is 26.3 Å². The Morgan fingerprint density at radius 1 is 1.61 bits per heavy atom. The molecule has 0 aliphatic carbocycles. The molecule has 100 valence electrons. The molecule has 6 heteroatoms. The van der Waals surface area contributed by atoms with Crippen LogP contribution in [0.3, 0.4) is 0 Å². The number of aliphatic hydroxyl groups excluding tert-OH is 1. The molecule has 0 bridgehead atoms. The molecule has 3 N–H and O–H groups in total. The van der Waals surface area contributed by atoms with Crippen LogP contribution < -0.4 is 5.73 Å². The quantitative estimate of drug-likeness (QED) is 0.823. The third kappa shape index (κ3) is 3.40. The first-order valence-corrected chi connectivity index (χ1v) is 5.80. The van der Waals surface area contributed by atoms with Crippen molar-refractivity contribution in [3.05, 3.63) is 23.6 Å². The Balaban J connectivity index is 2.98. The number of carbonyl (C=O) groups is 1. The van der Waals surface area contributed by atoms with Crippen molar-refractivity contribution in [3.63, 3.8) is 0 Å². The van der Waals surface area contributed by atoms with Crippen LogP contribution in [-0.4, -0.2) is 40.1 Å². The first kappa shape index (κ1) is 14.4. The van der Waals surface area contributed by atoms with E-state index in [0.717, 1.165) is 12.3 Å². The van der Waals surface area contributed by atoms with Crippen LogP contribution in [0.15, 0.2) is 12.3 Å². The van der Waals surface area contributed by atoms with E-state index in [1.165, 1.54) is 4.90 Å². The van der Waals surface area contributed by atoms with Crippen molar-refractivity contribution in [1.29, 1.82) is 0 Å². The van der Waals surface area contributed by atoms with E-state index < -0.39 is 5.82 Å². The van der Waals surface area contributed by atoms with Gasteiger partial charge in [-0.1, -0.05) is 0 Å². The number of amides is 1. The van der Waals surface area contributed by atoms with Gasteiger partial charge in [0.15, 0.2) is 0 Å². The number of hydrogen-bond acceptors (Lipinski definition) is 4. The van der Waals surface area contributed by atoms with Crippen LogP contribution in [0.25, 0.3) is 0 Å². The van der Waals surface area contributed by atoms with Crippen molar-refractivity contribution < 1.29 is 14.3 Å². The number of hydrogen-bond donors (Lipinski definition) is 2. The Kier molecular flexibility index (Phi) is 5.03. The molecule has 1 rings (SSSR count). The van der Waals surface area contributed by atoms with Gasteiger partial charge in [-0.15, -0.1) is 0 Å². The molecule has 0 saturated heterocycles. The van der Waals surface area contributed by atoms with Gasteiger partial charge in [-0.25, -0.2) is 9.37 Å². The van der Waals surface area contributed by atoms with Crippen LogP contribution in [0.1, 0.15) is 30.6 Å². The summed E-state index contributed by atoms with van der Waals surface area (Å²) < 4.78 is 13.1. The van der Waals surface area contributed by atoms with Gasteiger partial charge in [0.25, 0.3) is 5.91 Å². The minimum Gasteiger partial charge on any atom is -0.396 e. The monoisotopic (exact) mass is 255 g/mol. The third-order valence-corrected chi connectivity index (χ3v) is 2.56. The number of aromatic nitrogens is 1. The average Bonchev–Trinajstić information content (AvgIpc) is 2.32. The smallest absolute Gasteiger partial charge is 0.257 e. The van der Waals surface area contributed by atoms with E-state index in [4.69, 9.17) is 10.8 Å². The first-order valence-electron chi connectivity index (χ1n) is 5.80. The van der Waals surface area contributed by atoms with Crippen molar-refractivity contribution >= 4 is 11.7 Å². The number of nitrogens with zero attached hydrogens (tertiary/aromatic N) is 2. The van der Waals surface area contributed by atoms with Crippen LogP contribution in [-0.2, 0) is 0 Å². The number of nitrogens with two attached hydrogens (primary N) is 1.